The monoisotopic (exact) mass is 416 g/mol. The third-order valence-electron chi connectivity index (χ3n) is 6.17. The molecule has 1 spiro atoms. The van der Waals surface area contributed by atoms with Gasteiger partial charge in [0, 0.05) is 44.1 Å². The summed E-state index contributed by atoms with van der Waals surface area (Å²) in [5, 5.41) is 10.5. The lowest BCUT2D eigenvalue weighted by molar-refractivity contribution is 0.0149. The standard InChI is InChI=1S/C23H29FN2O4/c1-28-22-13-25-6-2-21(22)17-10-18(24)12-20(11-17)30-15-19(27)14-26-7-3-23(16-26)4-8-29-9-5-23/h2,6,10-13,19,27H,3-5,7-9,14-16H2,1H3. The van der Waals surface area contributed by atoms with Crippen molar-refractivity contribution in [3.63, 3.8) is 0 Å². The Kier molecular flexibility index (Phi) is 6.51. The van der Waals surface area contributed by atoms with Crippen LogP contribution in [0.15, 0.2) is 36.7 Å². The molecule has 30 heavy (non-hydrogen) atoms. The summed E-state index contributed by atoms with van der Waals surface area (Å²) in [6.45, 7) is 4.33. The van der Waals surface area contributed by atoms with Gasteiger partial charge in [0.25, 0.3) is 0 Å². The van der Waals surface area contributed by atoms with E-state index in [0.29, 0.717) is 29.0 Å². The number of pyridine rings is 1. The quantitative estimate of drug-likeness (QED) is 0.748. The average Bonchev–Trinajstić information content (AvgIpc) is 3.13. The topological polar surface area (TPSA) is 64.0 Å². The maximum Gasteiger partial charge on any atom is 0.144 e. The first kappa shape index (κ1) is 21.0. The Morgan fingerprint density at radius 3 is 2.90 bits per heavy atom. The fourth-order valence-electron chi connectivity index (χ4n) is 4.52. The second-order valence-electron chi connectivity index (χ2n) is 8.31. The van der Waals surface area contributed by atoms with Crippen LogP contribution in [0.5, 0.6) is 11.5 Å². The van der Waals surface area contributed by atoms with Crippen LogP contribution >= 0.6 is 0 Å². The molecule has 2 fully saturated rings. The first-order chi connectivity index (χ1) is 14.6. The number of hydrogen-bond acceptors (Lipinski definition) is 6. The van der Waals surface area contributed by atoms with Gasteiger partial charge in [-0.2, -0.15) is 0 Å². The number of β-amino-alcohol motifs (C(OH)–C–C–N with tert-alkyl or cyclic N) is 1. The summed E-state index contributed by atoms with van der Waals surface area (Å²) in [6.07, 6.45) is 5.94. The Bertz CT molecular complexity index is 857. The molecule has 2 aliphatic rings. The fourth-order valence-corrected chi connectivity index (χ4v) is 4.52. The zero-order valence-electron chi connectivity index (χ0n) is 17.3. The van der Waals surface area contributed by atoms with E-state index in [2.05, 4.69) is 9.88 Å². The molecule has 3 heterocycles. The molecular weight excluding hydrogens is 387 g/mol. The number of nitrogens with zero attached hydrogens (tertiary/aromatic N) is 2. The Hall–Kier alpha value is -2.22. The van der Waals surface area contributed by atoms with Crippen molar-refractivity contribution >= 4 is 0 Å². The van der Waals surface area contributed by atoms with E-state index in [9.17, 15) is 9.50 Å². The summed E-state index contributed by atoms with van der Waals surface area (Å²) < 4.78 is 30.7. The number of hydrogen-bond donors (Lipinski definition) is 1. The molecule has 0 radical (unpaired) electrons. The second-order valence-corrected chi connectivity index (χ2v) is 8.31. The van der Waals surface area contributed by atoms with Crippen LogP contribution in [-0.4, -0.2) is 67.7 Å². The van der Waals surface area contributed by atoms with Gasteiger partial charge in [0.15, 0.2) is 0 Å². The van der Waals surface area contributed by atoms with Gasteiger partial charge >= 0.3 is 0 Å². The number of rotatable bonds is 7. The maximum absolute atomic E-state index is 14.2. The third-order valence-corrected chi connectivity index (χ3v) is 6.17. The van der Waals surface area contributed by atoms with Crippen molar-refractivity contribution in [2.75, 3.05) is 46.6 Å². The molecule has 0 bridgehead atoms. The minimum Gasteiger partial charge on any atom is -0.494 e. The van der Waals surface area contributed by atoms with Crippen LogP contribution in [0, 0.1) is 11.2 Å². The van der Waals surface area contributed by atoms with Gasteiger partial charge in [-0.1, -0.05) is 0 Å². The Morgan fingerprint density at radius 2 is 2.10 bits per heavy atom. The Labute approximate surface area is 176 Å². The van der Waals surface area contributed by atoms with Gasteiger partial charge in [-0.25, -0.2) is 4.39 Å². The molecule has 162 valence electrons. The molecule has 4 rings (SSSR count). The first-order valence-corrected chi connectivity index (χ1v) is 10.5. The average molecular weight is 416 g/mol. The van der Waals surface area contributed by atoms with Crippen LogP contribution in [0.2, 0.25) is 0 Å². The molecule has 2 aromatic rings. The largest absolute Gasteiger partial charge is 0.494 e. The van der Waals surface area contributed by atoms with Crippen molar-refractivity contribution in [3.8, 4) is 22.6 Å². The zero-order chi connectivity index (χ0) is 21.0. The van der Waals surface area contributed by atoms with Gasteiger partial charge in [0.2, 0.25) is 0 Å². The van der Waals surface area contributed by atoms with Crippen LogP contribution in [0.1, 0.15) is 19.3 Å². The minimum atomic E-state index is -0.637. The molecule has 1 N–H and O–H groups in total. The van der Waals surface area contributed by atoms with Gasteiger partial charge in [-0.3, -0.25) is 4.98 Å². The molecule has 1 atom stereocenters. The van der Waals surface area contributed by atoms with E-state index in [0.717, 1.165) is 51.1 Å². The first-order valence-electron chi connectivity index (χ1n) is 10.5. The summed E-state index contributed by atoms with van der Waals surface area (Å²) in [4.78, 5) is 6.34. The van der Waals surface area contributed by atoms with Gasteiger partial charge in [0.1, 0.15) is 30.0 Å². The highest BCUT2D eigenvalue weighted by molar-refractivity contribution is 5.70. The van der Waals surface area contributed by atoms with Crippen molar-refractivity contribution in [3.05, 3.63) is 42.5 Å². The summed E-state index contributed by atoms with van der Waals surface area (Å²) in [5.74, 6) is 0.534. The van der Waals surface area contributed by atoms with Crippen molar-refractivity contribution < 1.29 is 23.7 Å². The van der Waals surface area contributed by atoms with Gasteiger partial charge in [-0.05, 0) is 55.0 Å². The number of likely N-dealkylation sites (tertiary alicyclic amines) is 1. The summed E-state index contributed by atoms with van der Waals surface area (Å²) in [7, 11) is 1.55. The number of ether oxygens (including phenoxy) is 3. The van der Waals surface area contributed by atoms with Gasteiger partial charge < -0.3 is 24.2 Å². The van der Waals surface area contributed by atoms with Crippen LogP contribution in [-0.2, 0) is 4.74 Å². The van der Waals surface area contributed by atoms with Crippen LogP contribution in [0.3, 0.4) is 0 Å². The molecule has 2 saturated heterocycles. The molecular formula is C23H29FN2O4. The molecule has 1 aromatic carbocycles. The SMILES string of the molecule is COc1cnccc1-c1cc(F)cc(OCC(O)CN2CCC3(CCOCC3)C2)c1. The van der Waals surface area contributed by atoms with E-state index in [1.54, 1.807) is 31.6 Å². The molecule has 1 unspecified atom stereocenters. The van der Waals surface area contributed by atoms with Crippen LogP contribution in [0.25, 0.3) is 11.1 Å². The highest BCUT2D eigenvalue weighted by Gasteiger charge is 2.39. The molecule has 6 nitrogen and oxygen atoms in total. The zero-order valence-corrected chi connectivity index (χ0v) is 17.3. The number of methoxy groups -OCH3 is 1. The highest BCUT2D eigenvalue weighted by Crippen LogP contribution is 2.39. The summed E-state index contributed by atoms with van der Waals surface area (Å²) in [5.41, 5.74) is 1.72. The van der Waals surface area contributed by atoms with Crippen molar-refractivity contribution in [2.24, 2.45) is 5.41 Å². The second kappa shape index (κ2) is 9.29. The van der Waals surface area contributed by atoms with Crippen molar-refractivity contribution in [1.29, 1.82) is 0 Å². The highest BCUT2D eigenvalue weighted by atomic mass is 19.1. The maximum atomic E-state index is 14.2. The lowest BCUT2D eigenvalue weighted by Crippen LogP contribution is -2.37. The normalized spacial score (nSPS) is 19.7. The summed E-state index contributed by atoms with van der Waals surface area (Å²) >= 11 is 0. The Morgan fingerprint density at radius 1 is 1.27 bits per heavy atom. The fraction of sp³-hybridized carbons (Fsp3) is 0.522. The number of aromatic nitrogens is 1. The number of halogens is 1. The third kappa shape index (κ3) is 4.91. The van der Waals surface area contributed by atoms with Crippen LogP contribution in [0.4, 0.5) is 4.39 Å². The van der Waals surface area contributed by atoms with Gasteiger partial charge in [-0.15, -0.1) is 0 Å². The van der Waals surface area contributed by atoms with E-state index in [1.165, 1.54) is 12.1 Å². The molecule has 0 amide bonds. The van der Waals surface area contributed by atoms with Crippen molar-refractivity contribution in [1.82, 2.24) is 9.88 Å². The molecule has 1 aromatic heterocycles. The molecule has 0 aliphatic carbocycles. The minimum absolute atomic E-state index is 0.114. The molecule has 7 heteroatoms. The molecule has 0 saturated carbocycles. The van der Waals surface area contributed by atoms with Crippen molar-refractivity contribution in [2.45, 2.75) is 25.4 Å². The van der Waals surface area contributed by atoms with E-state index >= 15 is 0 Å². The van der Waals surface area contributed by atoms with Gasteiger partial charge in [0.05, 0.1) is 13.3 Å². The van der Waals surface area contributed by atoms with Crippen LogP contribution < -0.4 is 9.47 Å². The van der Waals surface area contributed by atoms with E-state index in [-0.39, 0.29) is 6.61 Å². The number of benzene rings is 1. The van der Waals surface area contributed by atoms with E-state index < -0.39 is 11.9 Å². The predicted octanol–water partition coefficient (Wildman–Crippen LogP) is 3.14. The predicted molar refractivity (Wildman–Crippen MR) is 111 cm³/mol. The molecule has 2 aliphatic heterocycles. The summed E-state index contributed by atoms with van der Waals surface area (Å²) in [6, 6.07) is 6.28. The number of aliphatic hydroxyl groups is 1. The van der Waals surface area contributed by atoms with E-state index in [4.69, 9.17) is 14.2 Å². The smallest absolute Gasteiger partial charge is 0.144 e. The lowest BCUT2D eigenvalue weighted by atomic mass is 9.80. The van der Waals surface area contributed by atoms with E-state index in [1.807, 2.05) is 0 Å². The number of aliphatic hydroxyl groups excluding tert-OH is 1. The lowest BCUT2D eigenvalue weighted by Gasteiger charge is -2.33. The Balaban J connectivity index is 1.35.